The lowest BCUT2D eigenvalue weighted by atomic mass is 10.0. The van der Waals surface area contributed by atoms with Gasteiger partial charge in [0.2, 0.25) is 0 Å². The summed E-state index contributed by atoms with van der Waals surface area (Å²) in [6.07, 6.45) is -0.165. The van der Waals surface area contributed by atoms with Crippen LogP contribution >= 0.6 is 0 Å². The molecule has 0 aliphatic carbocycles. The molecule has 2 aromatic rings. The second-order valence-electron chi connectivity index (χ2n) is 6.69. The van der Waals surface area contributed by atoms with Crippen LogP contribution in [0.5, 0.6) is 5.75 Å². The summed E-state index contributed by atoms with van der Waals surface area (Å²) in [6, 6.07) is 17.0. The first-order valence-corrected chi connectivity index (χ1v) is 9.03. The molecular formula is C21H29N3O3. The maximum atomic E-state index is 12.1. The molecule has 6 heteroatoms. The van der Waals surface area contributed by atoms with Crippen molar-refractivity contribution in [2.75, 3.05) is 27.7 Å². The normalized spacial score (nSPS) is 12.9. The molecular weight excluding hydrogens is 342 g/mol. The molecule has 0 unspecified atom stereocenters. The number of amides is 2. The number of nitrogens with one attached hydrogen (secondary N) is 2. The molecule has 3 N–H and O–H groups in total. The van der Waals surface area contributed by atoms with E-state index in [4.69, 9.17) is 4.74 Å². The van der Waals surface area contributed by atoms with E-state index in [0.717, 1.165) is 16.9 Å². The van der Waals surface area contributed by atoms with Crippen molar-refractivity contribution in [1.82, 2.24) is 15.5 Å². The first kappa shape index (κ1) is 20.7. The molecule has 2 amide bonds. The molecule has 27 heavy (non-hydrogen) atoms. The quantitative estimate of drug-likeness (QED) is 0.631. The Morgan fingerprint density at radius 1 is 1.11 bits per heavy atom. The van der Waals surface area contributed by atoms with Crippen LogP contribution in [0.2, 0.25) is 0 Å². The molecule has 6 nitrogen and oxygen atoms in total. The first-order chi connectivity index (χ1) is 13.0. The number of methoxy groups -OCH3 is 1. The van der Waals surface area contributed by atoms with E-state index < -0.39 is 6.10 Å². The minimum Gasteiger partial charge on any atom is -0.497 e. The molecule has 0 aliphatic rings. The van der Waals surface area contributed by atoms with Crippen molar-refractivity contribution in [3.63, 3.8) is 0 Å². The van der Waals surface area contributed by atoms with Gasteiger partial charge in [-0.15, -0.1) is 0 Å². The Bertz CT molecular complexity index is 707. The monoisotopic (exact) mass is 371 g/mol. The predicted octanol–water partition coefficient (Wildman–Crippen LogP) is 2.03. The van der Waals surface area contributed by atoms with Crippen molar-refractivity contribution in [2.45, 2.75) is 25.1 Å². The SMILES string of the molecule is COc1cccc(CNC[C@@H](O)[C@H](Cc2ccccc2)NC(=O)N(C)C)c1. The predicted molar refractivity (Wildman–Crippen MR) is 107 cm³/mol. The summed E-state index contributed by atoms with van der Waals surface area (Å²) in [5, 5.41) is 16.8. The third-order valence-corrected chi connectivity index (χ3v) is 4.29. The Hall–Kier alpha value is -2.57. The summed E-state index contributed by atoms with van der Waals surface area (Å²) in [7, 11) is 5.00. The number of carbonyl (C=O) groups excluding carboxylic acids is 1. The minimum atomic E-state index is -0.722. The average molecular weight is 371 g/mol. The van der Waals surface area contributed by atoms with Gasteiger partial charge in [-0.05, 0) is 29.7 Å². The molecule has 0 saturated carbocycles. The van der Waals surface area contributed by atoms with E-state index in [1.165, 1.54) is 4.90 Å². The summed E-state index contributed by atoms with van der Waals surface area (Å²) >= 11 is 0. The maximum Gasteiger partial charge on any atom is 0.317 e. The number of carbonyl (C=O) groups is 1. The molecule has 0 heterocycles. The van der Waals surface area contributed by atoms with Crippen molar-refractivity contribution >= 4 is 6.03 Å². The molecule has 0 spiro atoms. The van der Waals surface area contributed by atoms with Crippen LogP contribution < -0.4 is 15.4 Å². The Morgan fingerprint density at radius 3 is 2.48 bits per heavy atom. The highest BCUT2D eigenvalue weighted by molar-refractivity contribution is 5.73. The highest BCUT2D eigenvalue weighted by atomic mass is 16.5. The van der Waals surface area contributed by atoms with E-state index in [2.05, 4.69) is 10.6 Å². The van der Waals surface area contributed by atoms with Gasteiger partial charge in [0.25, 0.3) is 0 Å². The number of urea groups is 1. The van der Waals surface area contributed by atoms with Gasteiger partial charge in [-0.3, -0.25) is 0 Å². The first-order valence-electron chi connectivity index (χ1n) is 9.03. The Labute approximate surface area is 161 Å². The number of ether oxygens (including phenoxy) is 1. The Balaban J connectivity index is 1.95. The number of hydrogen-bond acceptors (Lipinski definition) is 4. The second kappa shape index (κ2) is 10.5. The number of aliphatic hydroxyl groups excluding tert-OH is 1. The Morgan fingerprint density at radius 2 is 1.81 bits per heavy atom. The van der Waals surface area contributed by atoms with Gasteiger partial charge in [-0.25, -0.2) is 4.79 Å². The number of hydrogen-bond donors (Lipinski definition) is 3. The second-order valence-corrected chi connectivity index (χ2v) is 6.69. The fourth-order valence-electron chi connectivity index (χ4n) is 2.73. The molecule has 0 aromatic heterocycles. The van der Waals surface area contributed by atoms with Gasteiger partial charge in [-0.2, -0.15) is 0 Å². The lowest BCUT2D eigenvalue weighted by Gasteiger charge is -2.26. The van der Waals surface area contributed by atoms with Gasteiger partial charge in [0.05, 0.1) is 19.3 Å². The van der Waals surface area contributed by atoms with Gasteiger partial charge < -0.3 is 25.4 Å². The topological polar surface area (TPSA) is 73.8 Å². The summed E-state index contributed by atoms with van der Waals surface area (Å²) < 4.78 is 5.22. The fourth-order valence-corrected chi connectivity index (χ4v) is 2.73. The zero-order valence-corrected chi connectivity index (χ0v) is 16.2. The molecule has 2 atom stereocenters. The van der Waals surface area contributed by atoms with E-state index in [1.807, 2.05) is 54.6 Å². The van der Waals surface area contributed by atoms with Crippen LogP contribution in [0.25, 0.3) is 0 Å². The van der Waals surface area contributed by atoms with Crippen LogP contribution in [-0.4, -0.2) is 55.9 Å². The lowest BCUT2D eigenvalue weighted by molar-refractivity contribution is 0.123. The number of rotatable bonds is 9. The number of nitrogens with zero attached hydrogens (tertiary/aromatic N) is 1. The van der Waals surface area contributed by atoms with E-state index >= 15 is 0 Å². The fraction of sp³-hybridized carbons (Fsp3) is 0.381. The number of aliphatic hydroxyl groups is 1. The molecule has 0 saturated heterocycles. The van der Waals surface area contributed by atoms with Crippen LogP contribution in [0.3, 0.4) is 0 Å². The minimum absolute atomic E-state index is 0.220. The molecule has 0 fully saturated rings. The van der Waals surface area contributed by atoms with Gasteiger partial charge in [0, 0.05) is 27.2 Å². The van der Waals surface area contributed by atoms with E-state index in [0.29, 0.717) is 19.5 Å². The maximum absolute atomic E-state index is 12.1. The summed E-state index contributed by atoms with van der Waals surface area (Å²) in [5.41, 5.74) is 2.13. The van der Waals surface area contributed by atoms with Gasteiger partial charge in [0.15, 0.2) is 0 Å². The van der Waals surface area contributed by atoms with Crippen molar-refractivity contribution in [3.05, 3.63) is 65.7 Å². The van der Waals surface area contributed by atoms with Gasteiger partial charge >= 0.3 is 6.03 Å². The van der Waals surface area contributed by atoms with Crippen molar-refractivity contribution in [1.29, 1.82) is 0 Å². The van der Waals surface area contributed by atoms with Crippen LogP contribution in [0.15, 0.2) is 54.6 Å². The van der Waals surface area contributed by atoms with Crippen LogP contribution in [-0.2, 0) is 13.0 Å². The summed E-state index contributed by atoms with van der Waals surface area (Å²) in [4.78, 5) is 13.5. The van der Waals surface area contributed by atoms with Gasteiger partial charge in [0.1, 0.15) is 5.75 Å². The highest BCUT2D eigenvalue weighted by Crippen LogP contribution is 2.12. The van der Waals surface area contributed by atoms with Crippen LogP contribution in [0.1, 0.15) is 11.1 Å². The zero-order chi connectivity index (χ0) is 19.6. The molecule has 0 radical (unpaired) electrons. The Kier molecular flexibility index (Phi) is 8.10. The molecule has 146 valence electrons. The van der Waals surface area contributed by atoms with Gasteiger partial charge in [-0.1, -0.05) is 42.5 Å². The largest absolute Gasteiger partial charge is 0.497 e. The van der Waals surface area contributed by atoms with Crippen LogP contribution in [0, 0.1) is 0 Å². The van der Waals surface area contributed by atoms with Crippen LogP contribution in [0.4, 0.5) is 4.79 Å². The summed E-state index contributed by atoms with van der Waals surface area (Å²) in [6.45, 7) is 0.969. The molecule has 0 bridgehead atoms. The van der Waals surface area contributed by atoms with E-state index in [-0.39, 0.29) is 12.1 Å². The van der Waals surface area contributed by atoms with Crippen molar-refractivity contribution in [2.24, 2.45) is 0 Å². The lowest BCUT2D eigenvalue weighted by Crippen LogP contribution is -2.51. The zero-order valence-electron chi connectivity index (χ0n) is 16.2. The third-order valence-electron chi connectivity index (χ3n) is 4.29. The average Bonchev–Trinajstić information content (AvgIpc) is 2.68. The number of benzene rings is 2. The highest BCUT2D eigenvalue weighted by Gasteiger charge is 2.22. The summed E-state index contributed by atoms with van der Waals surface area (Å²) in [5.74, 6) is 0.801. The van der Waals surface area contributed by atoms with Crippen molar-refractivity contribution in [3.8, 4) is 5.75 Å². The molecule has 2 aromatic carbocycles. The third kappa shape index (κ3) is 6.92. The standard InChI is InChI=1S/C21H29N3O3/c1-24(2)21(26)23-19(13-16-8-5-4-6-9-16)20(25)15-22-14-17-10-7-11-18(12-17)27-3/h4-12,19-20,22,25H,13-15H2,1-3H3,(H,23,26)/t19-,20+/m0/s1. The van der Waals surface area contributed by atoms with Crippen molar-refractivity contribution < 1.29 is 14.6 Å². The molecule has 0 aliphatic heterocycles. The van der Waals surface area contributed by atoms with E-state index in [1.54, 1.807) is 21.2 Å². The molecule has 2 rings (SSSR count). The smallest absolute Gasteiger partial charge is 0.317 e. The van der Waals surface area contributed by atoms with E-state index in [9.17, 15) is 9.90 Å².